The second-order valence-electron chi connectivity index (χ2n) is 13.5. The highest BCUT2D eigenvalue weighted by Gasteiger charge is 2.41. The summed E-state index contributed by atoms with van der Waals surface area (Å²) in [6.07, 6.45) is 3.60. The molecular formula is C30H57N7O6. The number of likely N-dealkylation sites (N-methyl/N-ethyl adjacent to an activating group) is 1. The van der Waals surface area contributed by atoms with E-state index in [1.54, 1.807) is 7.11 Å². The Labute approximate surface area is 257 Å². The van der Waals surface area contributed by atoms with E-state index in [1.807, 2.05) is 7.05 Å². The first-order valence-corrected chi connectivity index (χ1v) is 16.5. The Morgan fingerprint density at radius 3 is 2.77 bits per heavy atom. The van der Waals surface area contributed by atoms with Gasteiger partial charge in [-0.2, -0.15) is 0 Å². The standard InChI is InChI=1S/C30H57N7O6/c1-19-24-7-8-37(13-21(24)5-6-26(19)42-17-27-20(2)32-18-43-27)14-23(38)12-31-29(39)25-11-28(33-22-15-41-16-22)35-30(34-25)36(3)9-10-40-4/h19-28,30,32-35,38H,5-18H2,1-4H3,(H,31,39)/t19?,20?,21?,23-,24?,25?,26?,27?,28?,30?/m0/s1. The van der Waals surface area contributed by atoms with Crippen molar-refractivity contribution in [2.45, 2.75) is 88.4 Å². The Morgan fingerprint density at radius 2 is 2.05 bits per heavy atom. The molecule has 13 heteroatoms. The summed E-state index contributed by atoms with van der Waals surface area (Å²) in [7, 11) is 3.69. The number of amides is 1. The van der Waals surface area contributed by atoms with Crippen molar-refractivity contribution >= 4 is 5.91 Å². The quantitative estimate of drug-likeness (QED) is 0.139. The highest BCUT2D eigenvalue weighted by atomic mass is 16.6. The number of carbonyl (C=O) groups is 1. The van der Waals surface area contributed by atoms with E-state index in [4.69, 9.17) is 18.9 Å². The zero-order chi connectivity index (χ0) is 30.3. The average Bonchev–Trinajstić information content (AvgIpc) is 3.40. The topological polar surface area (TPSA) is 141 Å². The van der Waals surface area contributed by atoms with E-state index in [1.165, 1.54) is 0 Å². The highest BCUT2D eigenvalue weighted by molar-refractivity contribution is 5.82. The first kappa shape index (κ1) is 33.4. The number of likely N-dealkylation sites (tertiary alicyclic amines) is 1. The lowest BCUT2D eigenvalue weighted by Crippen LogP contribution is -2.71. The van der Waals surface area contributed by atoms with Crippen LogP contribution >= 0.6 is 0 Å². The fraction of sp³-hybridized carbons (Fsp3) is 0.967. The molecule has 4 saturated heterocycles. The maximum absolute atomic E-state index is 13.3. The molecule has 5 rings (SSSR count). The van der Waals surface area contributed by atoms with Crippen LogP contribution in [-0.4, -0.2) is 150 Å². The number of rotatable bonds is 14. The lowest BCUT2D eigenvalue weighted by Gasteiger charge is -2.47. The predicted octanol–water partition coefficient (Wildman–Crippen LogP) is -1.32. The van der Waals surface area contributed by atoms with Crippen LogP contribution in [0.4, 0.5) is 0 Å². The molecule has 248 valence electrons. The summed E-state index contributed by atoms with van der Waals surface area (Å²) >= 11 is 0. The maximum Gasteiger partial charge on any atom is 0.237 e. The van der Waals surface area contributed by atoms with Gasteiger partial charge in [-0.05, 0) is 57.5 Å². The van der Waals surface area contributed by atoms with E-state index in [2.05, 4.69) is 50.2 Å². The molecule has 1 aliphatic carbocycles. The van der Waals surface area contributed by atoms with Crippen molar-refractivity contribution in [2.24, 2.45) is 17.8 Å². The molecule has 0 radical (unpaired) electrons. The van der Waals surface area contributed by atoms with Crippen LogP contribution < -0.4 is 26.6 Å². The fourth-order valence-electron chi connectivity index (χ4n) is 7.45. The molecule has 1 amide bonds. The van der Waals surface area contributed by atoms with Gasteiger partial charge in [-0.25, -0.2) is 0 Å². The minimum absolute atomic E-state index is 0.0217. The molecule has 0 spiro atoms. The molecule has 0 aromatic rings. The SMILES string of the molecule is COCCN(C)C1NC(NC2COC2)CC(C(=O)NC[C@H](O)CN2CCC3C(CCC(OCC4OCNC4C)C3C)C2)N1. The van der Waals surface area contributed by atoms with Crippen molar-refractivity contribution in [3.63, 3.8) is 0 Å². The lowest BCUT2D eigenvalue weighted by molar-refractivity contribution is -0.126. The van der Waals surface area contributed by atoms with E-state index in [9.17, 15) is 9.90 Å². The summed E-state index contributed by atoms with van der Waals surface area (Å²) in [6, 6.07) is 0.262. The van der Waals surface area contributed by atoms with Gasteiger partial charge in [0.05, 0.1) is 69.7 Å². The van der Waals surface area contributed by atoms with Gasteiger partial charge >= 0.3 is 0 Å². The van der Waals surface area contributed by atoms with E-state index in [-0.39, 0.29) is 37.1 Å². The van der Waals surface area contributed by atoms with Crippen LogP contribution in [0.15, 0.2) is 0 Å². The molecule has 13 nitrogen and oxygen atoms in total. The number of β-amino-alcohol motifs (C(OH)–C–C–N with tert-alkyl or cyclic N) is 1. The Morgan fingerprint density at radius 1 is 1.21 bits per heavy atom. The summed E-state index contributed by atoms with van der Waals surface area (Å²) in [5.41, 5.74) is 0. The number of hydrogen-bond acceptors (Lipinski definition) is 12. The second kappa shape index (κ2) is 16.0. The number of methoxy groups -OCH3 is 1. The van der Waals surface area contributed by atoms with Crippen molar-refractivity contribution in [3.05, 3.63) is 0 Å². The van der Waals surface area contributed by atoms with E-state index in [0.717, 1.165) is 38.9 Å². The summed E-state index contributed by atoms with van der Waals surface area (Å²) in [6.45, 7) is 11.3. The molecule has 43 heavy (non-hydrogen) atoms. The zero-order valence-corrected chi connectivity index (χ0v) is 26.6. The smallest absolute Gasteiger partial charge is 0.237 e. The minimum atomic E-state index is -0.609. The van der Waals surface area contributed by atoms with Crippen LogP contribution in [0.2, 0.25) is 0 Å². The molecule has 9 unspecified atom stereocenters. The number of piperidine rings is 1. The van der Waals surface area contributed by atoms with Crippen LogP contribution in [0.25, 0.3) is 0 Å². The zero-order valence-electron chi connectivity index (χ0n) is 26.6. The molecular weight excluding hydrogens is 554 g/mol. The number of hydrogen-bond donors (Lipinski definition) is 6. The maximum atomic E-state index is 13.3. The normalized spacial score (nSPS) is 38.0. The van der Waals surface area contributed by atoms with Gasteiger partial charge in [-0.1, -0.05) is 6.92 Å². The number of ether oxygens (including phenoxy) is 4. The van der Waals surface area contributed by atoms with Gasteiger partial charge in [0, 0.05) is 45.8 Å². The highest BCUT2D eigenvalue weighted by Crippen LogP contribution is 2.41. The molecule has 0 bridgehead atoms. The number of nitrogens with one attached hydrogen (secondary N) is 5. The Balaban J connectivity index is 1.04. The fourth-order valence-corrected chi connectivity index (χ4v) is 7.45. The van der Waals surface area contributed by atoms with Gasteiger partial charge in [-0.3, -0.25) is 31.0 Å². The third kappa shape index (κ3) is 9.07. The van der Waals surface area contributed by atoms with Crippen molar-refractivity contribution in [3.8, 4) is 0 Å². The average molecular weight is 612 g/mol. The summed E-state index contributed by atoms with van der Waals surface area (Å²) in [5.74, 6) is 1.73. The predicted molar refractivity (Wildman–Crippen MR) is 162 cm³/mol. The molecule has 0 aromatic carbocycles. The molecule has 4 aliphatic heterocycles. The van der Waals surface area contributed by atoms with Crippen molar-refractivity contribution in [2.75, 3.05) is 80.0 Å². The summed E-state index contributed by atoms with van der Waals surface area (Å²) in [4.78, 5) is 17.7. The summed E-state index contributed by atoms with van der Waals surface area (Å²) < 4.78 is 22.7. The number of carbonyl (C=O) groups excluding carboxylic acids is 1. The van der Waals surface area contributed by atoms with Crippen molar-refractivity contribution < 1.29 is 28.8 Å². The van der Waals surface area contributed by atoms with Crippen molar-refractivity contribution in [1.29, 1.82) is 0 Å². The van der Waals surface area contributed by atoms with Gasteiger partial charge < -0.3 is 34.3 Å². The van der Waals surface area contributed by atoms with Crippen LogP contribution in [0, 0.1) is 17.8 Å². The second-order valence-corrected chi connectivity index (χ2v) is 13.5. The van der Waals surface area contributed by atoms with Gasteiger partial charge in [0.1, 0.15) is 6.29 Å². The number of nitrogens with zero attached hydrogens (tertiary/aromatic N) is 2. The molecule has 1 saturated carbocycles. The van der Waals surface area contributed by atoms with Crippen LogP contribution in [0.1, 0.15) is 39.5 Å². The van der Waals surface area contributed by atoms with E-state index >= 15 is 0 Å². The monoisotopic (exact) mass is 611 g/mol. The van der Waals surface area contributed by atoms with Crippen LogP contribution in [0.5, 0.6) is 0 Å². The Bertz CT molecular complexity index is 871. The van der Waals surface area contributed by atoms with Gasteiger partial charge in [0.25, 0.3) is 0 Å². The molecule has 6 N–H and O–H groups in total. The van der Waals surface area contributed by atoms with Crippen LogP contribution in [0.3, 0.4) is 0 Å². The van der Waals surface area contributed by atoms with E-state index in [0.29, 0.717) is 82.1 Å². The Hall–Kier alpha value is -0.970. The Kier molecular flexibility index (Phi) is 12.5. The third-order valence-electron chi connectivity index (χ3n) is 10.3. The van der Waals surface area contributed by atoms with Gasteiger partial charge in [-0.15, -0.1) is 0 Å². The molecule has 4 heterocycles. The number of fused-ring (bicyclic) bond motifs is 1. The van der Waals surface area contributed by atoms with Crippen molar-refractivity contribution in [1.82, 2.24) is 36.4 Å². The van der Waals surface area contributed by atoms with Gasteiger partial charge in [0.2, 0.25) is 5.91 Å². The minimum Gasteiger partial charge on any atom is -0.390 e. The summed E-state index contributed by atoms with van der Waals surface area (Å²) in [5, 5.41) is 27.8. The number of aliphatic hydroxyl groups excluding tert-OH is 1. The molecule has 5 aliphatic rings. The first-order chi connectivity index (χ1) is 20.8. The third-order valence-corrected chi connectivity index (χ3v) is 10.3. The largest absolute Gasteiger partial charge is 0.390 e. The molecule has 10 atom stereocenters. The number of aliphatic hydroxyl groups is 1. The first-order valence-electron chi connectivity index (χ1n) is 16.5. The van der Waals surface area contributed by atoms with Gasteiger partial charge in [0.15, 0.2) is 0 Å². The molecule has 0 aromatic heterocycles. The lowest BCUT2D eigenvalue weighted by atomic mass is 9.68. The van der Waals surface area contributed by atoms with Crippen LogP contribution in [-0.2, 0) is 23.7 Å². The molecule has 5 fully saturated rings. The van der Waals surface area contributed by atoms with E-state index < -0.39 is 6.10 Å².